The van der Waals surface area contributed by atoms with Crippen LogP contribution in [-0.4, -0.2) is 75.5 Å². The number of amides is 1. The third kappa shape index (κ3) is 2.86. The number of aromatic amines is 1. The maximum absolute atomic E-state index is 12.4. The van der Waals surface area contributed by atoms with Gasteiger partial charge in [0.15, 0.2) is 17.1 Å². The second-order valence-electron chi connectivity index (χ2n) is 6.79. The number of nitrogens with zero attached hydrogens (tertiary/aromatic N) is 7. The van der Waals surface area contributed by atoms with Crippen molar-refractivity contribution in [2.45, 2.75) is 12.8 Å². The van der Waals surface area contributed by atoms with Gasteiger partial charge in [-0.15, -0.1) is 5.10 Å². The Hall–Kier alpha value is -3.17. The van der Waals surface area contributed by atoms with Crippen LogP contribution in [0.1, 0.15) is 23.4 Å². The predicted octanol–water partition coefficient (Wildman–Crippen LogP) is 0.903. The van der Waals surface area contributed by atoms with E-state index < -0.39 is 0 Å². The summed E-state index contributed by atoms with van der Waals surface area (Å²) in [6.45, 7) is 4.47. The molecule has 0 atom stereocenters. The van der Waals surface area contributed by atoms with E-state index in [1.807, 2.05) is 0 Å². The van der Waals surface area contributed by atoms with Gasteiger partial charge in [0, 0.05) is 39.3 Å². The zero-order valence-corrected chi connectivity index (χ0v) is 14.8. The van der Waals surface area contributed by atoms with Gasteiger partial charge in [-0.1, -0.05) is 0 Å². The quantitative estimate of drug-likeness (QED) is 0.727. The van der Waals surface area contributed by atoms with Crippen LogP contribution < -0.4 is 9.80 Å². The zero-order chi connectivity index (χ0) is 18.2. The monoisotopic (exact) mass is 368 g/mol. The van der Waals surface area contributed by atoms with Crippen molar-refractivity contribution in [3.05, 3.63) is 24.2 Å². The number of H-pyrrole nitrogens is 1. The van der Waals surface area contributed by atoms with Gasteiger partial charge >= 0.3 is 0 Å². The Morgan fingerprint density at radius 1 is 1.00 bits per heavy atom. The molecule has 0 unspecified atom stereocenters. The van der Waals surface area contributed by atoms with Gasteiger partial charge in [-0.2, -0.15) is 20.3 Å². The van der Waals surface area contributed by atoms with E-state index in [9.17, 15) is 4.79 Å². The number of aromatic nitrogens is 5. The Morgan fingerprint density at radius 3 is 2.56 bits per heavy atom. The van der Waals surface area contributed by atoms with Crippen LogP contribution in [0.2, 0.25) is 0 Å². The summed E-state index contributed by atoms with van der Waals surface area (Å²) in [6, 6.07) is 3.42. The van der Waals surface area contributed by atoms with Gasteiger partial charge in [0.05, 0.1) is 6.26 Å². The van der Waals surface area contributed by atoms with Crippen molar-refractivity contribution >= 4 is 28.8 Å². The lowest BCUT2D eigenvalue weighted by atomic mass is 10.3. The normalized spacial score (nSPS) is 17.9. The lowest BCUT2D eigenvalue weighted by molar-refractivity contribution is 0.0714. The minimum atomic E-state index is -0.0784. The Bertz CT molecular complexity index is 939. The largest absolute Gasteiger partial charge is 0.459 e. The number of nitrogens with one attached hydrogen (secondary N) is 1. The molecular weight excluding hydrogens is 348 g/mol. The van der Waals surface area contributed by atoms with Crippen LogP contribution in [0.25, 0.3) is 11.2 Å². The first-order valence-corrected chi connectivity index (χ1v) is 9.21. The van der Waals surface area contributed by atoms with E-state index in [0.29, 0.717) is 49.1 Å². The van der Waals surface area contributed by atoms with Crippen molar-refractivity contribution in [2.24, 2.45) is 0 Å². The summed E-state index contributed by atoms with van der Waals surface area (Å²) in [5.74, 6) is 1.78. The van der Waals surface area contributed by atoms with Gasteiger partial charge in [-0.05, 0) is 25.0 Å². The maximum atomic E-state index is 12.4. The highest BCUT2D eigenvalue weighted by atomic mass is 16.3. The summed E-state index contributed by atoms with van der Waals surface area (Å²) in [5, 5.41) is 11.1. The van der Waals surface area contributed by atoms with Crippen LogP contribution in [0.4, 0.5) is 11.8 Å². The number of fused-ring (bicyclic) bond motifs is 1. The third-order valence-corrected chi connectivity index (χ3v) is 5.14. The van der Waals surface area contributed by atoms with E-state index in [0.717, 1.165) is 31.7 Å². The highest BCUT2D eigenvalue weighted by Crippen LogP contribution is 2.27. The van der Waals surface area contributed by atoms with Crippen LogP contribution in [0, 0.1) is 0 Å². The molecule has 2 saturated heterocycles. The Balaban J connectivity index is 1.36. The molecule has 0 aliphatic carbocycles. The van der Waals surface area contributed by atoms with E-state index in [1.54, 1.807) is 17.0 Å². The van der Waals surface area contributed by atoms with Crippen molar-refractivity contribution in [1.29, 1.82) is 0 Å². The first kappa shape index (κ1) is 16.0. The van der Waals surface area contributed by atoms with E-state index in [-0.39, 0.29) is 5.91 Å². The summed E-state index contributed by atoms with van der Waals surface area (Å²) >= 11 is 0. The molecule has 10 heteroatoms. The standard InChI is InChI=1S/C17H20N8O2/c26-16(12-4-3-11-27-12)24-7-9-25(10-8-24)17-18-14-13(20-22-21-14)15(19-17)23-5-1-2-6-23/h3-4,11H,1-2,5-10H2,(H,18,19,20,21,22). The zero-order valence-electron chi connectivity index (χ0n) is 14.8. The highest BCUT2D eigenvalue weighted by Gasteiger charge is 2.27. The molecule has 0 radical (unpaired) electrons. The van der Waals surface area contributed by atoms with Crippen LogP contribution in [-0.2, 0) is 0 Å². The second-order valence-corrected chi connectivity index (χ2v) is 6.79. The third-order valence-electron chi connectivity index (χ3n) is 5.14. The van der Waals surface area contributed by atoms with Crippen molar-refractivity contribution in [3.63, 3.8) is 0 Å². The molecule has 3 aromatic heterocycles. The van der Waals surface area contributed by atoms with Gasteiger partial charge in [0.2, 0.25) is 11.6 Å². The summed E-state index contributed by atoms with van der Waals surface area (Å²) in [4.78, 5) is 27.9. The molecule has 0 aromatic carbocycles. The van der Waals surface area contributed by atoms with E-state index in [1.165, 1.54) is 6.26 Å². The fourth-order valence-electron chi connectivity index (χ4n) is 3.68. The molecule has 0 saturated carbocycles. The number of furan rings is 1. The number of anilines is 2. The number of carbonyl (C=O) groups excluding carboxylic acids is 1. The fourth-order valence-corrected chi connectivity index (χ4v) is 3.68. The van der Waals surface area contributed by atoms with Crippen LogP contribution in [0.15, 0.2) is 22.8 Å². The average Bonchev–Trinajstić information content (AvgIpc) is 3.49. The Morgan fingerprint density at radius 2 is 1.81 bits per heavy atom. The minimum absolute atomic E-state index is 0.0784. The molecule has 140 valence electrons. The lowest BCUT2D eigenvalue weighted by Gasteiger charge is -2.34. The van der Waals surface area contributed by atoms with Crippen molar-refractivity contribution in [3.8, 4) is 0 Å². The van der Waals surface area contributed by atoms with E-state index in [2.05, 4.69) is 30.2 Å². The van der Waals surface area contributed by atoms with Gasteiger partial charge in [-0.25, -0.2) is 0 Å². The maximum Gasteiger partial charge on any atom is 0.289 e. The number of hydrogen-bond acceptors (Lipinski definition) is 8. The van der Waals surface area contributed by atoms with Crippen molar-refractivity contribution in [2.75, 3.05) is 49.1 Å². The molecule has 0 bridgehead atoms. The summed E-state index contributed by atoms with van der Waals surface area (Å²) in [6.07, 6.45) is 3.84. The van der Waals surface area contributed by atoms with Crippen molar-refractivity contribution in [1.82, 2.24) is 30.3 Å². The SMILES string of the molecule is O=C(c1ccco1)N1CCN(c2nc(N3CCCC3)c3n[nH]nc3n2)CC1. The average molecular weight is 368 g/mol. The number of piperazine rings is 1. The lowest BCUT2D eigenvalue weighted by Crippen LogP contribution is -2.49. The van der Waals surface area contributed by atoms with Gasteiger partial charge in [-0.3, -0.25) is 4.79 Å². The van der Waals surface area contributed by atoms with Crippen molar-refractivity contribution < 1.29 is 9.21 Å². The number of rotatable bonds is 3. The van der Waals surface area contributed by atoms with E-state index >= 15 is 0 Å². The van der Waals surface area contributed by atoms with Gasteiger partial charge in [0.25, 0.3) is 5.91 Å². The molecule has 3 aromatic rings. The van der Waals surface area contributed by atoms with E-state index in [4.69, 9.17) is 9.40 Å². The van der Waals surface area contributed by atoms with Gasteiger partial charge in [0.1, 0.15) is 0 Å². The minimum Gasteiger partial charge on any atom is -0.459 e. The molecule has 27 heavy (non-hydrogen) atoms. The number of carbonyl (C=O) groups is 1. The molecule has 2 aliphatic rings. The molecule has 5 heterocycles. The molecule has 0 spiro atoms. The molecule has 2 aliphatic heterocycles. The first-order chi connectivity index (χ1) is 13.3. The summed E-state index contributed by atoms with van der Waals surface area (Å²) in [7, 11) is 0. The fraction of sp³-hybridized carbons (Fsp3) is 0.471. The highest BCUT2D eigenvalue weighted by molar-refractivity contribution is 5.91. The molecule has 5 rings (SSSR count). The van der Waals surface area contributed by atoms with Gasteiger partial charge < -0.3 is 19.1 Å². The predicted molar refractivity (Wildman–Crippen MR) is 97.8 cm³/mol. The molecule has 1 N–H and O–H groups in total. The van der Waals surface area contributed by atoms with Crippen LogP contribution in [0.3, 0.4) is 0 Å². The molecular formula is C17H20N8O2. The smallest absolute Gasteiger partial charge is 0.289 e. The molecule has 2 fully saturated rings. The summed E-state index contributed by atoms with van der Waals surface area (Å²) < 4.78 is 5.22. The molecule has 1 amide bonds. The summed E-state index contributed by atoms with van der Waals surface area (Å²) in [5.41, 5.74) is 1.29. The van der Waals surface area contributed by atoms with Crippen LogP contribution >= 0.6 is 0 Å². The Labute approximate surface area is 155 Å². The number of hydrogen-bond donors (Lipinski definition) is 1. The first-order valence-electron chi connectivity index (χ1n) is 9.21. The second kappa shape index (κ2) is 6.53. The molecule has 10 nitrogen and oxygen atoms in total. The van der Waals surface area contributed by atoms with Crippen LogP contribution in [0.5, 0.6) is 0 Å². The Kier molecular flexibility index (Phi) is 3.88. The topological polar surface area (TPSA) is 107 Å².